The average molecular weight is 356 g/mol. The smallest absolute Gasteiger partial charge is 0.395 e. The van der Waals surface area contributed by atoms with E-state index in [1.807, 2.05) is 0 Å². The van der Waals surface area contributed by atoms with E-state index in [2.05, 4.69) is 12.2 Å². The number of benzene rings is 1. The summed E-state index contributed by atoms with van der Waals surface area (Å²) in [4.78, 5) is -0.0962. The van der Waals surface area contributed by atoms with Crippen LogP contribution < -0.4 is 5.73 Å². The summed E-state index contributed by atoms with van der Waals surface area (Å²) >= 11 is 4.63. The first-order valence-electron chi connectivity index (χ1n) is 6.09. The molecule has 0 saturated heterocycles. The van der Waals surface area contributed by atoms with Crippen molar-refractivity contribution in [3.8, 4) is 0 Å². The molecule has 3 N–H and O–H groups in total. The molecule has 0 fully saturated rings. The van der Waals surface area contributed by atoms with Gasteiger partial charge in [0.25, 0.3) is 0 Å². The fourth-order valence-electron chi connectivity index (χ4n) is 1.74. The number of nitrogens with zero attached hydrogens (tertiary/aromatic N) is 1. The summed E-state index contributed by atoms with van der Waals surface area (Å²) in [5.74, 6) is -0.639. The molecule has 0 atom stereocenters. The van der Waals surface area contributed by atoms with Crippen LogP contribution in [0.3, 0.4) is 0 Å². The molecule has 0 saturated carbocycles. The second-order valence-corrected chi connectivity index (χ2v) is 6.97. The predicted octanol–water partition coefficient (Wildman–Crippen LogP) is 1.12. The zero-order valence-corrected chi connectivity index (χ0v) is 13.0. The van der Waals surface area contributed by atoms with Crippen molar-refractivity contribution in [2.75, 3.05) is 19.7 Å². The minimum absolute atomic E-state index is 0.0132. The van der Waals surface area contributed by atoms with Gasteiger partial charge in [-0.2, -0.15) is 17.5 Å². The van der Waals surface area contributed by atoms with E-state index in [0.717, 1.165) is 22.5 Å². The van der Waals surface area contributed by atoms with Crippen molar-refractivity contribution >= 4 is 27.2 Å². The molecule has 1 aromatic rings. The number of sulfonamides is 1. The Bertz CT molecular complexity index is 633. The zero-order chi connectivity index (χ0) is 17.0. The molecule has 0 aromatic heterocycles. The Hall–Kier alpha value is -1.23. The fraction of sp³-hybridized carbons (Fsp3) is 0.417. The molecule has 0 heterocycles. The van der Waals surface area contributed by atoms with Crippen molar-refractivity contribution in [2.24, 2.45) is 5.73 Å². The van der Waals surface area contributed by atoms with Gasteiger partial charge in [-0.05, 0) is 11.6 Å². The van der Waals surface area contributed by atoms with Crippen molar-refractivity contribution in [1.29, 1.82) is 0 Å². The molecule has 22 heavy (non-hydrogen) atoms. The quantitative estimate of drug-likeness (QED) is 0.715. The summed E-state index contributed by atoms with van der Waals surface area (Å²) in [6.07, 6.45) is -4.55. The second-order valence-electron chi connectivity index (χ2n) is 4.48. The van der Waals surface area contributed by atoms with Crippen LogP contribution in [0.25, 0.3) is 0 Å². The van der Waals surface area contributed by atoms with Crippen LogP contribution in [0.15, 0.2) is 24.3 Å². The lowest BCUT2D eigenvalue weighted by Crippen LogP contribution is -2.40. The largest absolute Gasteiger partial charge is 0.416 e. The van der Waals surface area contributed by atoms with Gasteiger partial charge in [0.15, 0.2) is 0 Å². The first kappa shape index (κ1) is 18.8. The molecule has 0 bridgehead atoms. The molecule has 0 unspecified atom stereocenters. The third kappa shape index (κ3) is 5.52. The average Bonchev–Trinajstić information content (AvgIpc) is 2.36. The molecule has 1 aromatic carbocycles. The SMILES string of the molecule is NC(=S)CN(CCO)S(=O)(=O)Cc1cccc(C(F)(F)F)c1. The Kier molecular flexibility index (Phi) is 6.29. The normalized spacial score (nSPS) is 12.6. The summed E-state index contributed by atoms with van der Waals surface area (Å²) < 4.78 is 63.1. The minimum atomic E-state index is -4.55. The van der Waals surface area contributed by atoms with E-state index in [0.29, 0.717) is 0 Å². The zero-order valence-electron chi connectivity index (χ0n) is 11.4. The van der Waals surface area contributed by atoms with Crippen LogP contribution in [0.1, 0.15) is 11.1 Å². The van der Waals surface area contributed by atoms with Crippen molar-refractivity contribution in [1.82, 2.24) is 4.31 Å². The van der Waals surface area contributed by atoms with E-state index >= 15 is 0 Å². The number of rotatable bonds is 7. The molecule has 10 heteroatoms. The molecule has 124 valence electrons. The van der Waals surface area contributed by atoms with Crippen LogP contribution in [0, 0.1) is 0 Å². The number of aliphatic hydroxyl groups is 1. The molecule has 1 rings (SSSR count). The van der Waals surface area contributed by atoms with Gasteiger partial charge >= 0.3 is 6.18 Å². The van der Waals surface area contributed by atoms with Crippen LogP contribution in [-0.4, -0.2) is 42.5 Å². The maximum atomic E-state index is 12.6. The molecular formula is C12H15F3N2O3S2. The highest BCUT2D eigenvalue weighted by Crippen LogP contribution is 2.30. The molecule has 5 nitrogen and oxygen atoms in total. The highest BCUT2D eigenvalue weighted by molar-refractivity contribution is 7.88. The Morgan fingerprint density at radius 2 is 2.00 bits per heavy atom. The highest BCUT2D eigenvalue weighted by Gasteiger charge is 2.31. The van der Waals surface area contributed by atoms with Gasteiger partial charge in [-0.15, -0.1) is 0 Å². The van der Waals surface area contributed by atoms with E-state index in [1.54, 1.807) is 0 Å². The fourth-order valence-corrected chi connectivity index (χ4v) is 3.46. The number of hydrogen-bond donors (Lipinski definition) is 2. The van der Waals surface area contributed by atoms with E-state index in [9.17, 15) is 21.6 Å². The van der Waals surface area contributed by atoms with Crippen molar-refractivity contribution in [3.05, 3.63) is 35.4 Å². The maximum Gasteiger partial charge on any atom is 0.416 e. The molecule has 0 radical (unpaired) electrons. The lowest BCUT2D eigenvalue weighted by Gasteiger charge is -2.20. The summed E-state index contributed by atoms with van der Waals surface area (Å²) in [7, 11) is -3.96. The first-order chi connectivity index (χ1) is 10.1. The van der Waals surface area contributed by atoms with Crippen LogP contribution >= 0.6 is 12.2 Å². The molecule has 0 aliphatic carbocycles. The number of hydrogen-bond acceptors (Lipinski definition) is 4. The lowest BCUT2D eigenvalue weighted by molar-refractivity contribution is -0.137. The number of aliphatic hydroxyl groups excluding tert-OH is 1. The number of nitrogens with two attached hydrogens (primary N) is 1. The Balaban J connectivity index is 3.02. The topological polar surface area (TPSA) is 83.6 Å². The molecular weight excluding hydrogens is 341 g/mol. The summed E-state index contributed by atoms with van der Waals surface area (Å²) in [6.45, 7) is -0.972. The van der Waals surface area contributed by atoms with E-state index in [-0.39, 0.29) is 23.6 Å². The molecule has 0 spiro atoms. The first-order valence-corrected chi connectivity index (χ1v) is 8.11. The van der Waals surface area contributed by atoms with E-state index in [4.69, 9.17) is 10.8 Å². The number of thiocarbonyl (C=S) groups is 1. The Labute approximate surface area is 131 Å². The van der Waals surface area contributed by atoms with Gasteiger partial charge in [0.2, 0.25) is 10.0 Å². The minimum Gasteiger partial charge on any atom is -0.395 e. The van der Waals surface area contributed by atoms with Crippen molar-refractivity contribution in [2.45, 2.75) is 11.9 Å². The van der Waals surface area contributed by atoms with Crippen LogP contribution in [-0.2, 0) is 22.0 Å². The molecule has 0 aliphatic heterocycles. The highest BCUT2D eigenvalue weighted by atomic mass is 32.2. The van der Waals surface area contributed by atoms with Crippen molar-refractivity contribution < 1.29 is 26.7 Å². The van der Waals surface area contributed by atoms with Gasteiger partial charge in [-0.3, -0.25) is 0 Å². The Morgan fingerprint density at radius 1 is 1.36 bits per heavy atom. The van der Waals surface area contributed by atoms with Gasteiger partial charge in [-0.25, -0.2) is 8.42 Å². The standard InChI is InChI=1S/C12H15F3N2O3S2/c13-12(14,15)10-3-1-2-9(6-10)8-22(19,20)17(4-5-18)7-11(16)21/h1-3,6,18H,4-5,7-8H2,(H2,16,21). The third-order valence-corrected chi connectivity index (χ3v) is 4.60. The number of alkyl halides is 3. The maximum absolute atomic E-state index is 12.6. The van der Waals surface area contributed by atoms with E-state index < -0.39 is 34.1 Å². The van der Waals surface area contributed by atoms with Gasteiger partial charge in [0.1, 0.15) is 0 Å². The third-order valence-electron chi connectivity index (χ3n) is 2.68. The number of halogens is 3. The van der Waals surface area contributed by atoms with Crippen LogP contribution in [0.4, 0.5) is 13.2 Å². The monoisotopic (exact) mass is 356 g/mol. The summed E-state index contributed by atoms with van der Waals surface area (Å²) in [5, 5.41) is 8.89. The van der Waals surface area contributed by atoms with Gasteiger partial charge in [0.05, 0.1) is 29.5 Å². The van der Waals surface area contributed by atoms with Crippen LogP contribution in [0.2, 0.25) is 0 Å². The van der Waals surface area contributed by atoms with E-state index in [1.165, 1.54) is 6.07 Å². The molecule has 0 amide bonds. The van der Waals surface area contributed by atoms with Gasteiger partial charge < -0.3 is 10.8 Å². The van der Waals surface area contributed by atoms with Gasteiger partial charge in [0, 0.05) is 6.54 Å². The van der Waals surface area contributed by atoms with Gasteiger partial charge in [-0.1, -0.05) is 30.4 Å². The lowest BCUT2D eigenvalue weighted by atomic mass is 10.1. The summed E-state index contributed by atoms with van der Waals surface area (Å²) in [6, 6.07) is 4.05. The Morgan fingerprint density at radius 3 is 2.50 bits per heavy atom. The summed E-state index contributed by atoms with van der Waals surface area (Å²) in [5.41, 5.74) is 4.35. The van der Waals surface area contributed by atoms with Crippen molar-refractivity contribution in [3.63, 3.8) is 0 Å². The molecule has 0 aliphatic rings. The van der Waals surface area contributed by atoms with Crippen LogP contribution in [0.5, 0.6) is 0 Å². The predicted molar refractivity (Wildman–Crippen MR) is 79.5 cm³/mol. The second kappa shape index (κ2) is 7.36.